The third-order valence-corrected chi connectivity index (χ3v) is 7.24. The zero-order valence-electron chi connectivity index (χ0n) is 18.3. The minimum Gasteiger partial charge on any atom is -0.463 e. The molecule has 0 spiro atoms. The molecular weight excluding hydrogens is 424 g/mol. The second-order valence-corrected chi connectivity index (χ2v) is 9.57. The molecule has 164 valence electrons. The molecule has 3 heterocycles. The molecule has 1 aliphatic carbocycles. The van der Waals surface area contributed by atoms with E-state index in [-0.39, 0.29) is 17.9 Å². The smallest absolute Gasteiger partial charge is 0.373 e. The number of hydrogen-bond donors (Lipinski definition) is 0. The molecule has 0 saturated heterocycles. The number of esters is 1. The van der Waals surface area contributed by atoms with E-state index in [2.05, 4.69) is 6.92 Å². The first-order chi connectivity index (χ1) is 15.4. The van der Waals surface area contributed by atoms with Crippen molar-refractivity contribution in [2.24, 2.45) is 5.92 Å². The lowest BCUT2D eigenvalue weighted by atomic mass is 9.89. The summed E-state index contributed by atoms with van der Waals surface area (Å²) in [4.78, 5) is 32.6. The molecule has 0 bridgehead atoms. The summed E-state index contributed by atoms with van der Waals surface area (Å²) in [6.45, 7) is 4.47. The van der Waals surface area contributed by atoms with E-state index in [0.29, 0.717) is 17.5 Å². The molecule has 1 atom stereocenters. The van der Waals surface area contributed by atoms with Gasteiger partial charge in [-0.15, -0.1) is 11.3 Å². The van der Waals surface area contributed by atoms with Crippen LogP contribution in [0.5, 0.6) is 0 Å². The van der Waals surface area contributed by atoms with E-state index in [1.54, 1.807) is 28.0 Å². The maximum absolute atomic E-state index is 13.8. The number of ether oxygens (including phenoxy) is 1. The maximum atomic E-state index is 13.8. The zero-order valence-corrected chi connectivity index (χ0v) is 19.1. The Morgan fingerprint density at radius 2 is 2.03 bits per heavy atom. The molecule has 1 aromatic carbocycles. The second kappa shape index (κ2) is 8.06. The fourth-order valence-electron chi connectivity index (χ4n) is 4.32. The van der Waals surface area contributed by atoms with Crippen LogP contribution in [-0.4, -0.2) is 22.6 Å². The van der Waals surface area contributed by atoms with Crippen molar-refractivity contribution in [3.05, 3.63) is 74.3 Å². The quantitative estimate of drug-likeness (QED) is 0.411. The predicted octanol–water partition coefficient (Wildman–Crippen LogP) is 4.99. The molecule has 0 amide bonds. The summed E-state index contributed by atoms with van der Waals surface area (Å²) >= 11 is 1.65. The highest BCUT2D eigenvalue weighted by atomic mass is 32.1. The lowest BCUT2D eigenvalue weighted by molar-refractivity contribution is 0.0563. The summed E-state index contributed by atoms with van der Waals surface area (Å²) in [6.07, 6.45) is 2.99. The van der Waals surface area contributed by atoms with Crippen LogP contribution in [-0.2, 0) is 24.1 Å². The van der Waals surface area contributed by atoms with Crippen molar-refractivity contribution in [1.29, 1.82) is 0 Å². The number of benzene rings is 1. The number of fused-ring (bicyclic) bond motifs is 3. The van der Waals surface area contributed by atoms with Gasteiger partial charge in [0.2, 0.25) is 5.76 Å². The minimum absolute atomic E-state index is 0.0614. The summed E-state index contributed by atoms with van der Waals surface area (Å²) < 4.78 is 12.1. The number of methoxy groups -OCH3 is 1. The van der Waals surface area contributed by atoms with Gasteiger partial charge in [-0.2, -0.15) is 0 Å². The van der Waals surface area contributed by atoms with Gasteiger partial charge in [0.1, 0.15) is 16.4 Å². The summed E-state index contributed by atoms with van der Waals surface area (Å²) in [5.74, 6) is 1.29. The molecule has 1 unspecified atom stereocenters. The molecule has 7 heteroatoms. The zero-order chi connectivity index (χ0) is 22.4. The van der Waals surface area contributed by atoms with Gasteiger partial charge in [-0.05, 0) is 49.8 Å². The van der Waals surface area contributed by atoms with E-state index < -0.39 is 5.97 Å². The number of aromatic nitrogens is 2. The number of furan rings is 1. The fourth-order valence-corrected chi connectivity index (χ4v) is 5.70. The van der Waals surface area contributed by atoms with E-state index in [1.807, 2.05) is 31.2 Å². The number of aryl methyl sites for hydroxylation is 2. The molecule has 3 aromatic heterocycles. The average Bonchev–Trinajstić information content (AvgIpc) is 3.39. The highest BCUT2D eigenvalue weighted by Gasteiger charge is 2.25. The lowest BCUT2D eigenvalue weighted by Crippen LogP contribution is -2.24. The van der Waals surface area contributed by atoms with E-state index in [0.717, 1.165) is 46.2 Å². The van der Waals surface area contributed by atoms with Crippen molar-refractivity contribution in [2.75, 3.05) is 7.11 Å². The van der Waals surface area contributed by atoms with Gasteiger partial charge >= 0.3 is 5.97 Å². The highest BCUT2D eigenvalue weighted by Crippen LogP contribution is 2.36. The SMILES string of the molecule is COC(=O)c1ccc(Cn2c(-c3ccc(C)cc3)nc3sc4c(c3c2=O)CCC(C)C4)o1. The number of nitrogens with zero attached hydrogens (tertiary/aromatic N) is 2. The number of rotatable bonds is 4. The van der Waals surface area contributed by atoms with E-state index >= 15 is 0 Å². The molecule has 5 rings (SSSR count). The first-order valence-electron chi connectivity index (χ1n) is 10.7. The normalized spacial score (nSPS) is 15.7. The van der Waals surface area contributed by atoms with Crippen LogP contribution in [0.4, 0.5) is 0 Å². The van der Waals surface area contributed by atoms with Gasteiger partial charge in [-0.25, -0.2) is 9.78 Å². The lowest BCUT2D eigenvalue weighted by Gasteiger charge is -2.17. The van der Waals surface area contributed by atoms with Crippen molar-refractivity contribution in [1.82, 2.24) is 9.55 Å². The summed E-state index contributed by atoms with van der Waals surface area (Å²) in [7, 11) is 1.31. The van der Waals surface area contributed by atoms with E-state index in [1.165, 1.54) is 12.0 Å². The first-order valence-corrected chi connectivity index (χ1v) is 11.6. The molecule has 0 aliphatic heterocycles. The Balaban J connectivity index is 1.69. The van der Waals surface area contributed by atoms with E-state index in [4.69, 9.17) is 14.1 Å². The molecule has 6 nitrogen and oxygen atoms in total. The molecule has 0 saturated carbocycles. The molecule has 0 N–H and O–H groups in total. The van der Waals surface area contributed by atoms with Crippen molar-refractivity contribution >= 4 is 27.5 Å². The summed E-state index contributed by atoms with van der Waals surface area (Å²) in [5, 5.41) is 0.729. The Kier molecular flexibility index (Phi) is 5.21. The van der Waals surface area contributed by atoms with Gasteiger partial charge in [0.15, 0.2) is 0 Å². The molecule has 4 aromatic rings. The van der Waals surface area contributed by atoms with Gasteiger partial charge < -0.3 is 9.15 Å². The molecule has 0 radical (unpaired) electrons. The van der Waals surface area contributed by atoms with Crippen molar-refractivity contribution < 1.29 is 13.9 Å². The van der Waals surface area contributed by atoms with Crippen molar-refractivity contribution in [3.63, 3.8) is 0 Å². The van der Waals surface area contributed by atoms with Gasteiger partial charge in [-0.3, -0.25) is 9.36 Å². The molecule has 32 heavy (non-hydrogen) atoms. The van der Waals surface area contributed by atoms with Crippen LogP contribution >= 0.6 is 11.3 Å². The van der Waals surface area contributed by atoms with Crippen LogP contribution in [0.25, 0.3) is 21.6 Å². The standard InChI is InChI=1S/C25H24N2O4S/c1-14-4-7-16(8-5-14)22-26-23-21(18-10-6-15(2)12-20(18)32-23)24(28)27(22)13-17-9-11-19(31-17)25(29)30-3/h4-5,7-9,11,15H,6,10,12-13H2,1-3H3. The largest absolute Gasteiger partial charge is 0.463 e. The predicted molar refractivity (Wildman–Crippen MR) is 124 cm³/mol. The van der Waals surface area contributed by atoms with Crippen LogP contribution in [0.2, 0.25) is 0 Å². The van der Waals surface area contributed by atoms with Crippen LogP contribution < -0.4 is 5.56 Å². The van der Waals surface area contributed by atoms with Gasteiger partial charge in [0.05, 0.1) is 19.0 Å². The van der Waals surface area contributed by atoms with Gasteiger partial charge in [-0.1, -0.05) is 36.8 Å². The Labute approximate surface area is 189 Å². The van der Waals surface area contributed by atoms with Crippen LogP contribution in [0.1, 0.15) is 45.7 Å². The fraction of sp³-hybridized carbons (Fsp3) is 0.320. The number of carbonyl (C=O) groups excluding carboxylic acids is 1. The molecular formula is C25H24N2O4S. The number of hydrogen-bond acceptors (Lipinski definition) is 6. The highest BCUT2D eigenvalue weighted by molar-refractivity contribution is 7.18. The Morgan fingerprint density at radius 1 is 1.25 bits per heavy atom. The number of carbonyl (C=O) groups is 1. The van der Waals surface area contributed by atoms with Crippen molar-refractivity contribution in [2.45, 2.75) is 39.7 Å². The summed E-state index contributed by atoms with van der Waals surface area (Å²) in [5.41, 5.74) is 3.10. The van der Waals surface area contributed by atoms with Crippen LogP contribution in [0.15, 0.2) is 45.6 Å². The Hall–Kier alpha value is -3.19. The topological polar surface area (TPSA) is 74.3 Å². The Morgan fingerprint density at radius 3 is 2.78 bits per heavy atom. The molecule has 1 aliphatic rings. The average molecular weight is 449 g/mol. The monoisotopic (exact) mass is 448 g/mol. The third kappa shape index (κ3) is 3.56. The third-order valence-electron chi connectivity index (χ3n) is 6.09. The van der Waals surface area contributed by atoms with Crippen LogP contribution in [0.3, 0.4) is 0 Å². The van der Waals surface area contributed by atoms with Gasteiger partial charge in [0, 0.05) is 10.4 Å². The molecule has 0 fully saturated rings. The Bertz CT molecular complexity index is 1380. The second-order valence-electron chi connectivity index (χ2n) is 8.48. The maximum Gasteiger partial charge on any atom is 0.373 e. The summed E-state index contributed by atoms with van der Waals surface area (Å²) in [6, 6.07) is 11.3. The number of thiophene rings is 1. The van der Waals surface area contributed by atoms with Gasteiger partial charge in [0.25, 0.3) is 5.56 Å². The van der Waals surface area contributed by atoms with Crippen LogP contribution in [0, 0.1) is 12.8 Å². The van der Waals surface area contributed by atoms with Crippen molar-refractivity contribution in [3.8, 4) is 11.4 Å². The van der Waals surface area contributed by atoms with E-state index in [9.17, 15) is 9.59 Å². The first kappa shape index (κ1) is 20.7. The minimum atomic E-state index is -0.544.